The quantitative estimate of drug-likeness (QED) is 0.467. The van der Waals surface area contributed by atoms with Gasteiger partial charge in [0.1, 0.15) is 11.9 Å². The molecule has 1 aromatic rings. The lowest BCUT2D eigenvalue weighted by atomic mass is 9.95. The number of fused-ring (bicyclic) bond motifs is 1. The van der Waals surface area contributed by atoms with Crippen LogP contribution in [0.1, 0.15) is 70.6 Å². The SMILES string of the molecule is CC(C)(C)C(=O)NC(CCN(CCCCc1ccc2c(n1)NCCC2)C1CC1)C(=O)O. The van der Waals surface area contributed by atoms with Crippen LogP contribution in [0.4, 0.5) is 5.82 Å². The normalized spacial score (nSPS) is 17.0. The number of anilines is 1. The molecule has 2 aliphatic rings. The zero-order chi connectivity index (χ0) is 22.4. The maximum Gasteiger partial charge on any atom is 0.326 e. The van der Waals surface area contributed by atoms with Crippen molar-refractivity contribution in [3.63, 3.8) is 0 Å². The Labute approximate surface area is 186 Å². The number of carbonyl (C=O) groups is 2. The number of pyridine rings is 1. The molecule has 2 heterocycles. The van der Waals surface area contributed by atoms with Crippen LogP contribution in [-0.4, -0.2) is 58.6 Å². The highest BCUT2D eigenvalue weighted by molar-refractivity contribution is 5.86. The number of carbonyl (C=O) groups excluding carboxylic acids is 1. The molecule has 7 heteroatoms. The molecule has 0 spiro atoms. The Morgan fingerprint density at radius 2 is 2.03 bits per heavy atom. The molecule has 3 N–H and O–H groups in total. The molecule has 1 atom stereocenters. The van der Waals surface area contributed by atoms with E-state index in [4.69, 9.17) is 4.98 Å². The third-order valence-electron chi connectivity index (χ3n) is 6.13. The van der Waals surface area contributed by atoms with Gasteiger partial charge in [-0.2, -0.15) is 0 Å². The van der Waals surface area contributed by atoms with Gasteiger partial charge in [-0.3, -0.25) is 4.79 Å². The Morgan fingerprint density at radius 1 is 1.26 bits per heavy atom. The molecule has 0 aromatic carbocycles. The van der Waals surface area contributed by atoms with Gasteiger partial charge < -0.3 is 20.6 Å². The van der Waals surface area contributed by atoms with E-state index in [0.717, 1.165) is 50.3 Å². The summed E-state index contributed by atoms with van der Waals surface area (Å²) in [6.45, 7) is 8.06. The molecule has 3 rings (SSSR count). The Morgan fingerprint density at radius 3 is 2.71 bits per heavy atom. The predicted molar refractivity (Wildman–Crippen MR) is 122 cm³/mol. The highest BCUT2D eigenvalue weighted by Gasteiger charge is 2.31. The number of amides is 1. The van der Waals surface area contributed by atoms with Crippen LogP contribution in [0.3, 0.4) is 0 Å². The van der Waals surface area contributed by atoms with E-state index in [9.17, 15) is 14.7 Å². The molecule has 0 bridgehead atoms. The van der Waals surface area contributed by atoms with Crippen molar-refractivity contribution < 1.29 is 14.7 Å². The van der Waals surface area contributed by atoms with E-state index < -0.39 is 17.4 Å². The molecule has 1 aromatic heterocycles. The number of hydrogen-bond acceptors (Lipinski definition) is 5. The van der Waals surface area contributed by atoms with Gasteiger partial charge in [0.05, 0.1) is 0 Å². The second kappa shape index (κ2) is 10.4. The number of nitrogens with zero attached hydrogens (tertiary/aromatic N) is 2. The lowest BCUT2D eigenvalue weighted by molar-refractivity contribution is -0.143. The molecule has 0 saturated heterocycles. The van der Waals surface area contributed by atoms with Gasteiger partial charge in [-0.05, 0) is 69.5 Å². The number of unbranched alkanes of at least 4 members (excludes halogenated alkanes) is 1. The number of aromatic nitrogens is 1. The average Bonchev–Trinajstić information content (AvgIpc) is 3.56. The topological polar surface area (TPSA) is 94.6 Å². The maximum absolute atomic E-state index is 12.2. The Kier molecular flexibility index (Phi) is 7.92. The van der Waals surface area contributed by atoms with E-state index in [-0.39, 0.29) is 5.91 Å². The van der Waals surface area contributed by atoms with Crippen LogP contribution in [0.15, 0.2) is 12.1 Å². The van der Waals surface area contributed by atoms with E-state index in [1.165, 1.54) is 24.8 Å². The molecule has 1 amide bonds. The van der Waals surface area contributed by atoms with E-state index in [2.05, 4.69) is 27.7 Å². The minimum atomic E-state index is -0.958. The molecule has 0 radical (unpaired) electrons. The fraction of sp³-hybridized carbons (Fsp3) is 0.708. The maximum atomic E-state index is 12.2. The highest BCUT2D eigenvalue weighted by Crippen LogP contribution is 2.28. The summed E-state index contributed by atoms with van der Waals surface area (Å²) >= 11 is 0. The van der Waals surface area contributed by atoms with Crippen molar-refractivity contribution >= 4 is 17.7 Å². The van der Waals surface area contributed by atoms with Gasteiger partial charge in [-0.25, -0.2) is 9.78 Å². The van der Waals surface area contributed by atoms with E-state index in [1.54, 1.807) is 20.8 Å². The fourth-order valence-corrected chi connectivity index (χ4v) is 3.97. The molecule has 7 nitrogen and oxygen atoms in total. The number of nitrogens with one attached hydrogen (secondary N) is 2. The summed E-state index contributed by atoms with van der Waals surface area (Å²) in [5.41, 5.74) is 1.87. The van der Waals surface area contributed by atoms with Crippen molar-refractivity contribution in [3.8, 4) is 0 Å². The first-order valence-electron chi connectivity index (χ1n) is 11.7. The molecule has 1 fully saturated rings. The molecule has 31 heavy (non-hydrogen) atoms. The minimum Gasteiger partial charge on any atom is -0.480 e. The summed E-state index contributed by atoms with van der Waals surface area (Å²) in [4.78, 5) is 31.0. The van der Waals surface area contributed by atoms with Crippen LogP contribution < -0.4 is 10.6 Å². The standard InChI is InChI=1S/C24H38N4O3/c1-24(2,3)23(31)27-20(22(29)30)13-16-28(19-11-12-19)15-5-4-8-18-10-9-17-7-6-14-25-21(17)26-18/h9-10,19-20H,4-8,11-16H2,1-3H3,(H,25,26)(H,27,31)(H,29,30). The summed E-state index contributed by atoms with van der Waals surface area (Å²) in [6.07, 6.45) is 8.19. The monoisotopic (exact) mass is 430 g/mol. The molecule has 1 saturated carbocycles. The third-order valence-corrected chi connectivity index (χ3v) is 6.13. The lowest BCUT2D eigenvalue weighted by Crippen LogP contribution is -2.47. The number of aryl methyl sites for hydroxylation is 2. The highest BCUT2D eigenvalue weighted by atomic mass is 16.4. The molecular weight excluding hydrogens is 392 g/mol. The van der Waals surface area contributed by atoms with Gasteiger partial charge in [0.25, 0.3) is 0 Å². The second-order valence-electron chi connectivity index (χ2n) is 9.97. The van der Waals surface area contributed by atoms with Gasteiger partial charge in [-0.1, -0.05) is 26.8 Å². The summed E-state index contributed by atoms with van der Waals surface area (Å²) in [7, 11) is 0. The smallest absolute Gasteiger partial charge is 0.326 e. The van der Waals surface area contributed by atoms with Crippen molar-refractivity contribution in [2.75, 3.05) is 25.0 Å². The zero-order valence-electron chi connectivity index (χ0n) is 19.2. The van der Waals surface area contributed by atoms with Crippen molar-refractivity contribution in [3.05, 3.63) is 23.4 Å². The summed E-state index contributed by atoms with van der Waals surface area (Å²) in [6, 6.07) is 4.09. The average molecular weight is 431 g/mol. The van der Waals surface area contributed by atoms with Crippen LogP contribution >= 0.6 is 0 Å². The van der Waals surface area contributed by atoms with Crippen molar-refractivity contribution in [2.45, 2.75) is 84.2 Å². The van der Waals surface area contributed by atoms with Crippen molar-refractivity contribution in [1.82, 2.24) is 15.2 Å². The largest absolute Gasteiger partial charge is 0.480 e. The lowest BCUT2D eigenvalue weighted by Gasteiger charge is -2.26. The Balaban J connectivity index is 1.43. The summed E-state index contributed by atoms with van der Waals surface area (Å²) in [5.74, 6) is -0.120. The second-order valence-corrected chi connectivity index (χ2v) is 9.97. The number of carboxylic acid groups (broad SMARTS) is 1. The Hall–Kier alpha value is -2.15. The van der Waals surface area contributed by atoms with Crippen LogP contribution in [0.5, 0.6) is 0 Å². The van der Waals surface area contributed by atoms with Crippen LogP contribution in [0, 0.1) is 5.41 Å². The first-order chi connectivity index (χ1) is 14.7. The molecule has 172 valence electrons. The van der Waals surface area contributed by atoms with Crippen LogP contribution in [-0.2, 0) is 22.4 Å². The zero-order valence-corrected chi connectivity index (χ0v) is 19.2. The number of rotatable bonds is 11. The van der Waals surface area contributed by atoms with Crippen molar-refractivity contribution in [1.29, 1.82) is 0 Å². The van der Waals surface area contributed by atoms with E-state index in [0.29, 0.717) is 19.0 Å². The third kappa shape index (κ3) is 7.20. The number of carboxylic acids is 1. The number of aliphatic carboxylic acids is 1. The first-order valence-corrected chi connectivity index (χ1v) is 11.7. The van der Waals surface area contributed by atoms with Gasteiger partial charge in [-0.15, -0.1) is 0 Å². The fourth-order valence-electron chi connectivity index (χ4n) is 3.97. The van der Waals surface area contributed by atoms with E-state index >= 15 is 0 Å². The van der Waals surface area contributed by atoms with Crippen LogP contribution in [0.2, 0.25) is 0 Å². The minimum absolute atomic E-state index is 0.218. The van der Waals surface area contributed by atoms with Gasteiger partial charge >= 0.3 is 5.97 Å². The molecular formula is C24H38N4O3. The summed E-state index contributed by atoms with van der Waals surface area (Å²) in [5, 5.41) is 15.6. The molecule has 1 unspecified atom stereocenters. The molecule has 1 aliphatic heterocycles. The predicted octanol–water partition coefficient (Wildman–Crippen LogP) is 3.23. The van der Waals surface area contributed by atoms with Gasteiger partial charge in [0.15, 0.2) is 0 Å². The van der Waals surface area contributed by atoms with Gasteiger partial charge in [0, 0.05) is 30.2 Å². The van der Waals surface area contributed by atoms with Crippen LogP contribution in [0.25, 0.3) is 0 Å². The molecule has 1 aliphatic carbocycles. The summed E-state index contributed by atoms with van der Waals surface area (Å²) < 4.78 is 0. The number of hydrogen-bond donors (Lipinski definition) is 3. The van der Waals surface area contributed by atoms with E-state index in [1.807, 2.05) is 0 Å². The first kappa shape index (κ1) is 23.5. The van der Waals surface area contributed by atoms with Gasteiger partial charge in [0.2, 0.25) is 5.91 Å². The Bertz CT molecular complexity index is 771. The van der Waals surface area contributed by atoms with Crippen molar-refractivity contribution in [2.24, 2.45) is 5.41 Å².